The number of ketones is 1. The van der Waals surface area contributed by atoms with Gasteiger partial charge in [0.1, 0.15) is 5.75 Å². The summed E-state index contributed by atoms with van der Waals surface area (Å²) < 4.78 is 5.63. The van der Waals surface area contributed by atoms with Gasteiger partial charge in [-0.15, -0.1) is 0 Å². The minimum atomic E-state index is 0.132. The first-order valence-corrected chi connectivity index (χ1v) is 7.16. The van der Waals surface area contributed by atoms with Crippen molar-refractivity contribution < 1.29 is 9.53 Å². The lowest BCUT2D eigenvalue weighted by molar-refractivity contribution is 0.0953. The van der Waals surface area contributed by atoms with Gasteiger partial charge in [-0.1, -0.05) is 12.1 Å². The quantitative estimate of drug-likeness (QED) is 0.828. The highest BCUT2D eigenvalue weighted by molar-refractivity contribution is 5.96. The Balaban J connectivity index is 1.97. The number of hydrogen-bond acceptors (Lipinski definition) is 3. The second-order valence-electron chi connectivity index (χ2n) is 5.53. The van der Waals surface area contributed by atoms with E-state index < -0.39 is 0 Å². The molecular weight excluding hydrogens is 238 g/mol. The number of Topliss-reactive ketones (excluding diaryl/α,β-unsaturated/α-hetero) is 1. The van der Waals surface area contributed by atoms with E-state index in [0.717, 1.165) is 30.8 Å². The fourth-order valence-electron chi connectivity index (χ4n) is 2.49. The summed E-state index contributed by atoms with van der Waals surface area (Å²) in [5.41, 5.74) is 0.767. The van der Waals surface area contributed by atoms with Crippen molar-refractivity contribution >= 4 is 5.78 Å². The maximum absolute atomic E-state index is 12.3. The summed E-state index contributed by atoms with van der Waals surface area (Å²) in [7, 11) is 0. The molecule has 2 rings (SSSR count). The van der Waals surface area contributed by atoms with Crippen LogP contribution in [0.15, 0.2) is 24.3 Å². The van der Waals surface area contributed by atoms with Crippen molar-refractivity contribution in [3.8, 4) is 5.75 Å². The number of benzene rings is 1. The second kappa shape index (κ2) is 6.71. The highest BCUT2D eigenvalue weighted by Gasteiger charge is 2.18. The van der Waals surface area contributed by atoms with Gasteiger partial charge in [-0.3, -0.25) is 4.79 Å². The van der Waals surface area contributed by atoms with Crippen LogP contribution >= 0.6 is 0 Å². The molecule has 1 N–H and O–H groups in total. The molecule has 1 fully saturated rings. The largest absolute Gasteiger partial charge is 0.491 e. The zero-order valence-electron chi connectivity index (χ0n) is 11.8. The highest BCUT2D eigenvalue weighted by atomic mass is 16.5. The maximum atomic E-state index is 12.3. The Morgan fingerprint density at radius 3 is 3.00 bits per heavy atom. The van der Waals surface area contributed by atoms with Crippen molar-refractivity contribution in [3.63, 3.8) is 0 Å². The number of nitrogens with one attached hydrogen (secondary N) is 1. The molecule has 0 bridgehead atoms. The van der Waals surface area contributed by atoms with Crippen LogP contribution in [0.3, 0.4) is 0 Å². The van der Waals surface area contributed by atoms with E-state index in [9.17, 15) is 4.79 Å². The molecule has 0 saturated carbocycles. The van der Waals surface area contributed by atoms with E-state index in [2.05, 4.69) is 5.32 Å². The third-order valence-corrected chi connectivity index (χ3v) is 3.40. The molecule has 0 aromatic heterocycles. The summed E-state index contributed by atoms with van der Waals surface area (Å²) in [5, 5.41) is 3.35. The van der Waals surface area contributed by atoms with Gasteiger partial charge < -0.3 is 10.1 Å². The number of carbonyl (C=O) groups excluding carboxylic acids is 1. The molecule has 3 heteroatoms. The first-order valence-electron chi connectivity index (χ1n) is 7.16. The van der Waals surface area contributed by atoms with Crippen LogP contribution in [-0.4, -0.2) is 25.0 Å². The van der Waals surface area contributed by atoms with Gasteiger partial charge in [0, 0.05) is 12.0 Å². The van der Waals surface area contributed by atoms with Crippen molar-refractivity contribution in [1.29, 1.82) is 0 Å². The lowest BCUT2D eigenvalue weighted by Crippen LogP contribution is -2.31. The second-order valence-corrected chi connectivity index (χ2v) is 5.53. The van der Waals surface area contributed by atoms with Crippen molar-refractivity contribution in [2.45, 2.75) is 39.2 Å². The third kappa shape index (κ3) is 4.35. The van der Waals surface area contributed by atoms with Gasteiger partial charge in [0.25, 0.3) is 0 Å². The van der Waals surface area contributed by atoms with Crippen LogP contribution in [0.2, 0.25) is 0 Å². The molecule has 0 spiro atoms. The van der Waals surface area contributed by atoms with Gasteiger partial charge in [0.05, 0.1) is 6.10 Å². The SMILES string of the molecule is CC(C)Oc1cccc(C(=O)CC2CCCNC2)c1. The molecule has 0 radical (unpaired) electrons. The summed E-state index contributed by atoms with van der Waals surface area (Å²) in [6.07, 6.45) is 3.10. The molecule has 1 aliphatic heterocycles. The zero-order chi connectivity index (χ0) is 13.7. The molecule has 1 aromatic rings. The van der Waals surface area contributed by atoms with Gasteiger partial charge in [0.15, 0.2) is 5.78 Å². The summed E-state index contributed by atoms with van der Waals surface area (Å²) >= 11 is 0. The third-order valence-electron chi connectivity index (χ3n) is 3.40. The Labute approximate surface area is 115 Å². The summed E-state index contributed by atoms with van der Waals surface area (Å²) in [6, 6.07) is 7.54. The molecular formula is C16H23NO2. The smallest absolute Gasteiger partial charge is 0.163 e. The van der Waals surface area contributed by atoms with E-state index in [-0.39, 0.29) is 11.9 Å². The first-order chi connectivity index (χ1) is 9.15. The predicted molar refractivity (Wildman–Crippen MR) is 76.7 cm³/mol. The Morgan fingerprint density at radius 1 is 1.47 bits per heavy atom. The molecule has 1 atom stereocenters. The Kier molecular flexibility index (Phi) is 4.97. The highest BCUT2D eigenvalue weighted by Crippen LogP contribution is 2.20. The lowest BCUT2D eigenvalue weighted by Gasteiger charge is -2.22. The van der Waals surface area contributed by atoms with Gasteiger partial charge in [-0.05, 0) is 57.8 Å². The standard InChI is InChI=1S/C16H23NO2/c1-12(2)19-15-7-3-6-14(10-15)16(18)9-13-5-4-8-17-11-13/h3,6-7,10,12-13,17H,4-5,8-9,11H2,1-2H3. The van der Waals surface area contributed by atoms with Crippen LogP contribution in [0.1, 0.15) is 43.5 Å². The lowest BCUT2D eigenvalue weighted by atomic mass is 9.92. The van der Waals surface area contributed by atoms with Crippen LogP contribution in [0.4, 0.5) is 0 Å². The van der Waals surface area contributed by atoms with E-state index in [1.807, 2.05) is 38.1 Å². The van der Waals surface area contributed by atoms with Gasteiger partial charge in [0.2, 0.25) is 0 Å². The molecule has 0 aliphatic carbocycles. The fourth-order valence-corrected chi connectivity index (χ4v) is 2.49. The average Bonchev–Trinajstić information content (AvgIpc) is 2.39. The normalized spacial score (nSPS) is 19.4. The molecule has 1 heterocycles. The molecule has 19 heavy (non-hydrogen) atoms. The van der Waals surface area contributed by atoms with Crippen molar-refractivity contribution in [2.24, 2.45) is 5.92 Å². The van der Waals surface area contributed by atoms with Crippen molar-refractivity contribution in [2.75, 3.05) is 13.1 Å². The number of hydrogen-bond donors (Lipinski definition) is 1. The van der Waals surface area contributed by atoms with Crippen LogP contribution in [0, 0.1) is 5.92 Å². The van der Waals surface area contributed by atoms with Crippen LogP contribution < -0.4 is 10.1 Å². The number of piperidine rings is 1. The van der Waals surface area contributed by atoms with Crippen LogP contribution in [0.5, 0.6) is 5.75 Å². The van der Waals surface area contributed by atoms with Gasteiger partial charge in [-0.25, -0.2) is 0 Å². The minimum absolute atomic E-state index is 0.132. The summed E-state index contributed by atoms with van der Waals surface area (Å²) in [6.45, 7) is 6.03. The fraction of sp³-hybridized carbons (Fsp3) is 0.562. The van der Waals surface area contributed by atoms with Gasteiger partial charge in [-0.2, -0.15) is 0 Å². The average molecular weight is 261 g/mol. The van der Waals surface area contributed by atoms with Crippen molar-refractivity contribution in [1.82, 2.24) is 5.32 Å². The zero-order valence-corrected chi connectivity index (χ0v) is 11.8. The van der Waals surface area contributed by atoms with Crippen LogP contribution in [0.25, 0.3) is 0 Å². The van der Waals surface area contributed by atoms with E-state index in [0.29, 0.717) is 12.3 Å². The molecule has 0 amide bonds. The molecule has 3 nitrogen and oxygen atoms in total. The molecule has 104 valence electrons. The topological polar surface area (TPSA) is 38.3 Å². The maximum Gasteiger partial charge on any atom is 0.163 e. The van der Waals surface area contributed by atoms with E-state index >= 15 is 0 Å². The van der Waals surface area contributed by atoms with E-state index in [1.165, 1.54) is 6.42 Å². The molecule has 1 aromatic carbocycles. The van der Waals surface area contributed by atoms with Crippen molar-refractivity contribution in [3.05, 3.63) is 29.8 Å². The number of rotatable bonds is 5. The Morgan fingerprint density at radius 2 is 2.32 bits per heavy atom. The molecule has 1 unspecified atom stereocenters. The summed E-state index contributed by atoms with van der Waals surface area (Å²) in [5.74, 6) is 1.49. The molecule has 1 saturated heterocycles. The number of ether oxygens (including phenoxy) is 1. The van der Waals surface area contributed by atoms with Gasteiger partial charge >= 0.3 is 0 Å². The van der Waals surface area contributed by atoms with E-state index in [1.54, 1.807) is 0 Å². The van der Waals surface area contributed by atoms with Crippen LogP contribution in [-0.2, 0) is 0 Å². The van der Waals surface area contributed by atoms with E-state index in [4.69, 9.17) is 4.74 Å². The first kappa shape index (κ1) is 14.1. The Hall–Kier alpha value is -1.35. The Bertz CT molecular complexity index is 423. The predicted octanol–water partition coefficient (Wildman–Crippen LogP) is 3.05. The minimum Gasteiger partial charge on any atom is -0.491 e. The monoisotopic (exact) mass is 261 g/mol. The molecule has 1 aliphatic rings. The number of carbonyl (C=O) groups is 1. The summed E-state index contributed by atoms with van der Waals surface area (Å²) in [4.78, 5) is 12.3.